The molecule has 1 N–H and O–H groups in total. The van der Waals surface area contributed by atoms with Crippen molar-refractivity contribution in [2.24, 2.45) is 0 Å². The lowest BCUT2D eigenvalue weighted by Gasteiger charge is -2.10. The summed E-state index contributed by atoms with van der Waals surface area (Å²) >= 11 is 5.70. The molecule has 0 atom stereocenters. The van der Waals surface area contributed by atoms with Crippen LogP contribution in [0.15, 0.2) is 48.5 Å². The Hall–Kier alpha value is -2.54. The number of hydrogen-bond donors (Lipinski definition) is 1. The molecule has 0 aliphatic heterocycles. The standard InChI is InChI=1S/C17H13ClF3NO3/c18-14-6-4-12(5-7-14)16(24)25-10-15(23)22-9-11-2-1-3-13(8-11)17(19,20)21/h1-8H,9-10H2,(H,22,23). The molecule has 0 radical (unpaired) electrons. The molecule has 25 heavy (non-hydrogen) atoms. The number of hydrogen-bond acceptors (Lipinski definition) is 3. The number of esters is 1. The molecule has 0 bridgehead atoms. The van der Waals surface area contributed by atoms with Crippen LogP contribution in [0.3, 0.4) is 0 Å². The van der Waals surface area contributed by atoms with Crippen LogP contribution in [0.4, 0.5) is 13.2 Å². The highest BCUT2D eigenvalue weighted by Gasteiger charge is 2.30. The summed E-state index contributed by atoms with van der Waals surface area (Å²) in [5, 5.41) is 2.84. The van der Waals surface area contributed by atoms with Gasteiger partial charge in [0.1, 0.15) is 0 Å². The van der Waals surface area contributed by atoms with Crippen LogP contribution in [-0.4, -0.2) is 18.5 Å². The van der Waals surface area contributed by atoms with Gasteiger partial charge in [-0.25, -0.2) is 4.79 Å². The minimum absolute atomic E-state index is 0.110. The molecule has 2 aromatic rings. The Balaban J connectivity index is 1.83. The van der Waals surface area contributed by atoms with Crippen molar-refractivity contribution >= 4 is 23.5 Å². The lowest BCUT2D eigenvalue weighted by atomic mass is 10.1. The number of halogens is 4. The molecule has 0 saturated heterocycles. The van der Waals surface area contributed by atoms with Gasteiger partial charge in [0.2, 0.25) is 0 Å². The maximum atomic E-state index is 12.6. The fraction of sp³-hybridized carbons (Fsp3) is 0.176. The summed E-state index contributed by atoms with van der Waals surface area (Å²) in [6, 6.07) is 10.5. The van der Waals surface area contributed by atoms with E-state index in [1.807, 2.05) is 0 Å². The topological polar surface area (TPSA) is 55.4 Å². The normalized spacial score (nSPS) is 11.0. The molecule has 2 rings (SSSR count). The number of carbonyl (C=O) groups is 2. The van der Waals surface area contributed by atoms with Crippen molar-refractivity contribution in [1.82, 2.24) is 5.32 Å². The summed E-state index contributed by atoms with van der Waals surface area (Å²) in [5.41, 5.74) is -0.282. The summed E-state index contributed by atoms with van der Waals surface area (Å²) < 4.78 is 42.7. The van der Waals surface area contributed by atoms with Crippen LogP contribution in [0.2, 0.25) is 5.02 Å². The first-order valence-electron chi connectivity index (χ1n) is 7.11. The van der Waals surface area contributed by atoms with Crippen molar-refractivity contribution in [2.45, 2.75) is 12.7 Å². The summed E-state index contributed by atoms with van der Waals surface area (Å²) in [4.78, 5) is 23.4. The summed E-state index contributed by atoms with van der Waals surface area (Å²) in [5.74, 6) is -1.33. The van der Waals surface area contributed by atoms with Crippen molar-refractivity contribution in [3.63, 3.8) is 0 Å². The van der Waals surface area contributed by atoms with Crippen LogP contribution < -0.4 is 5.32 Å². The molecule has 0 unspecified atom stereocenters. The van der Waals surface area contributed by atoms with Crippen molar-refractivity contribution in [1.29, 1.82) is 0 Å². The third kappa shape index (κ3) is 5.79. The van der Waals surface area contributed by atoms with E-state index in [4.69, 9.17) is 16.3 Å². The first-order valence-corrected chi connectivity index (χ1v) is 7.49. The number of ether oxygens (including phenoxy) is 1. The molecule has 0 heterocycles. The lowest BCUT2D eigenvalue weighted by molar-refractivity contribution is -0.137. The molecule has 0 spiro atoms. The number of benzene rings is 2. The molecule has 0 aliphatic rings. The Morgan fingerprint density at radius 1 is 1.08 bits per heavy atom. The van der Waals surface area contributed by atoms with Gasteiger partial charge in [0, 0.05) is 11.6 Å². The molecule has 0 fully saturated rings. The van der Waals surface area contributed by atoms with Crippen LogP contribution in [-0.2, 0) is 22.3 Å². The van der Waals surface area contributed by atoms with Gasteiger partial charge in [-0.2, -0.15) is 13.2 Å². The Labute approximate surface area is 146 Å². The van der Waals surface area contributed by atoms with E-state index in [9.17, 15) is 22.8 Å². The minimum atomic E-state index is -4.45. The summed E-state index contributed by atoms with van der Waals surface area (Å²) in [6.45, 7) is -0.651. The van der Waals surface area contributed by atoms with E-state index in [0.29, 0.717) is 5.02 Å². The third-order valence-electron chi connectivity index (χ3n) is 3.16. The Morgan fingerprint density at radius 2 is 1.76 bits per heavy atom. The number of alkyl halides is 3. The second-order valence-electron chi connectivity index (χ2n) is 5.06. The van der Waals surface area contributed by atoms with Crippen molar-refractivity contribution < 1.29 is 27.5 Å². The van der Waals surface area contributed by atoms with Gasteiger partial charge < -0.3 is 10.1 Å². The van der Waals surface area contributed by atoms with Gasteiger partial charge in [0.15, 0.2) is 6.61 Å². The van der Waals surface area contributed by atoms with E-state index < -0.39 is 30.2 Å². The van der Waals surface area contributed by atoms with E-state index in [-0.39, 0.29) is 17.7 Å². The molecule has 1 amide bonds. The predicted octanol–water partition coefficient (Wildman–Crippen LogP) is 3.83. The Kier molecular flexibility index (Phi) is 6.03. The average molecular weight is 372 g/mol. The van der Waals surface area contributed by atoms with Gasteiger partial charge in [-0.1, -0.05) is 23.7 Å². The van der Waals surface area contributed by atoms with Gasteiger partial charge in [-0.05, 0) is 42.0 Å². The van der Waals surface area contributed by atoms with E-state index in [1.165, 1.54) is 36.4 Å². The molecule has 132 valence electrons. The number of amides is 1. The summed E-state index contributed by atoms with van der Waals surface area (Å²) in [6.07, 6.45) is -4.45. The van der Waals surface area contributed by atoms with Gasteiger partial charge >= 0.3 is 12.1 Å². The average Bonchev–Trinajstić information content (AvgIpc) is 2.58. The molecule has 8 heteroatoms. The smallest absolute Gasteiger partial charge is 0.416 e. The Morgan fingerprint density at radius 3 is 2.40 bits per heavy atom. The zero-order valence-electron chi connectivity index (χ0n) is 12.8. The molecule has 0 saturated carbocycles. The van der Waals surface area contributed by atoms with Crippen LogP contribution in [0, 0.1) is 0 Å². The molecule has 4 nitrogen and oxygen atoms in total. The molecule has 0 aromatic heterocycles. The SMILES string of the molecule is O=C(COC(=O)c1ccc(Cl)cc1)NCc1cccc(C(F)(F)F)c1. The monoisotopic (exact) mass is 371 g/mol. The fourth-order valence-electron chi connectivity index (χ4n) is 1.91. The second-order valence-corrected chi connectivity index (χ2v) is 5.49. The minimum Gasteiger partial charge on any atom is -0.452 e. The predicted molar refractivity (Wildman–Crippen MR) is 85.0 cm³/mol. The van der Waals surface area contributed by atoms with E-state index in [2.05, 4.69) is 5.32 Å². The quantitative estimate of drug-likeness (QED) is 0.813. The summed E-state index contributed by atoms with van der Waals surface area (Å²) in [7, 11) is 0. The van der Waals surface area contributed by atoms with Crippen LogP contribution in [0.5, 0.6) is 0 Å². The zero-order chi connectivity index (χ0) is 18.4. The van der Waals surface area contributed by atoms with E-state index in [1.54, 1.807) is 0 Å². The van der Waals surface area contributed by atoms with Gasteiger partial charge in [0.05, 0.1) is 11.1 Å². The molecule has 0 aliphatic carbocycles. The fourth-order valence-corrected chi connectivity index (χ4v) is 2.04. The third-order valence-corrected chi connectivity index (χ3v) is 3.41. The molecule has 2 aromatic carbocycles. The van der Waals surface area contributed by atoms with Crippen LogP contribution >= 0.6 is 11.6 Å². The van der Waals surface area contributed by atoms with Gasteiger partial charge in [-0.3, -0.25) is 4.79 Å². The second kappa shape index (κ2) is 8.02. The van der Waals surface area contributed by atoms with Crippen molar-refractivity contribution in [3.05, 3.63) is 70.2 Å². The molecular formula is C17H13ClF3NO3. The lowest BCUT2D eigenvalue weighted by Crippen LogP contribution is -2.28. The van der Waals surface area contributed by atoms with Crippen molar-refractivity contribution in [2.75, 3.05) is 6.61 Å². The highest BCUT2D eigenvalue weighted by Crippen LogP contribution is 2.29. The highest BCUT2D eigenvalue weighted by molar-refractivity contribution is 6.30. The van der Waals surface area contributed by atoms with Crippen molar-refractivity contribution in [3.8, 4) is 0 Å². The maximum Gasteiger partial charge on any atom is 0.416 e. The molecular weight excluding hydrogens is 359 g/mol. The number of rotatable bonds is 5. The number of nitrogens with one attached hydrogen (secondary N) is 1. The van der Waals surface area contributed by atoms with Crippen LogP contribution in [0.1, 0.15) is 21.5 Å². The van der Waals surface area contributed by atoms with Crippen LogP contribution in [0.25, 0.3) is 0 Å². The number of carbonyl (C=O) groups excluding carboxylic acids is 2. The van der Waals surface area contributed by atoms with E-state index in [0.717, 1.165) is 12.1 Å². The maximum absolute atomic E-state index is 12.6. The Bertz CT molecular complexity index is 760. The van der Waals surface area contributed by atoms with Gasteiger partial charge in [0.25, 0.3) is 5.91 Å². The zero-order valence-corrected chi connectivity index (χ0v) is 13.5. The highest BCUT2D eigenvalue weighted by atomic mass is 35.5. The largest absolute Gasteiger partial charge is 0.452 e. The van der Waals surface area contributed by atoms with Gasteiger partial charge in [-0.15, -0.1) is 0 Å². The van der Waals surface area contributed by atoms with E-state index >= 15 is 0 Å². The first kappa shape index (κ1) is 18.8. The first-order chi connectivity index (χ1) is 11.8.